The molecule has 126 valence electrons. The van der Waals surface area contributed by atoms with E-state index in [4.69, 9.17) is 14.2 Å². The summed E-state index contributed by atoms with van der Waals surface area (Å²) >= 11 is 1.48. The Bertz CT molecular complexity index is 574. The Labute approximate surface area is 138 Å². The predicted molar refractivity (Wildman–Crippen MR) is 81.5 cm³/mol. The maximum absolute atomic E-state index is 12.7. The number of ether oxygens (including phenoxy) is 3. The molecule has 2 aliphatic rings. The first-order chi connectivity index (χ1) is 10.9. The second-order valence-electron chi connectivity index (χ2n) is 6.11. The van der Waals surface area contributed by atoms with Crippen LogP contribution in [0, 0.1) is 0 Å². The van der Waals surface area contributed by atoms with Gasteiger partial charge in [-0.2, -0.15) is 0 Å². The fourth-order valence-corrected chi connectivity index (χ4v) is 3.36. The minimum atomic E-state index is -0.696. The monoisotopic (exact) mass is 340 g/mol. The molecule has 1 aromatic heterocycles. The van der Waals surface area contributed by atoms with Crippen molar-refractivity contribution >= 4 is 23.2 Å². The highest BCUT2D eigenvalue weighted by Gasteiger charge is 2.38. The molecule has 2 atom stereocenters. The summed E-state index contributed by atoms with van der Waals surface area (Å²) in [5, 5.41) is 2.70. The smallest absolute Gasteiger partial charge is 0.306 e. The van der Waals surface area contributed by atoms with Crippen molar-refractivity contribution in [2.45, 2.75) is 51.2 Å². The van der Waals surface area contributed by atoms with Crippen molar-refractivity contribution in [3.05, 3.63) is 16.6 Å². The van der Waals surface area contributed by atoms with Crippen LogP contribution >= 0.6 is 11.3 Å². The fraction of sp³-hybridized carbons (Fsp3) is 0.667. The highest BCUT2D eigenvalue weighted by atomic mass is 32.1. The van der Waals surface area contributed by atoms with E-state index in [1.165, 1.54) is 11.3 Å². The Balaban J connectivity index is 1.68. The molecule has 3 rings (SSSR count). The third-order valence-electron chi connectivity index (χ3n) is 3.77. The first-order valence-electron chi connectivity index (χ1n) is 7.61. The first-order valence-corrected chi connectivity index (χ1v) is 8.49. The third-order valence-corrected chi connectivity index (χ3v) is 4.54. The van der Waals surface area contributed by atoms with Crippen LogP contribution in [0.1, 0.15) is 31.7 Å². The number of carbonyl (C=O) groups excluding carboxylic acids is 2. The zero-order valence-corrected chi connectivity index (χ0v) is 14.0. The van der Waals surface area contributed by atoms with Gasteiger partial charge in [-0.05, 0) is 13.8 Å². The normalized spacial score (nSPS) is 26.3. The van der Waals surface area contributed by atoms with E-state index in [9.17, 15) is 9.59 Å². The SMILES string of the molecule is CC1(C)OC[C@H](CN(Cc2nccs2)C(=O)[C@H]2CCC(=O)O2)O1. The number of hydrogen-bond acceptors (Lipinski definition) is 7. The Hall–Kier alpha value is -1.51. The van der Waals surface area contributed by atoms with E-state index in [0.717, 1.165) is 5.01 Å². The molecular weight excluding hydrogens is 320 g/mol. The number of rotatable bonds is 5. The van der Waals surface area contributed by atoms with Crippen LogP contribution in [-0.4, -0.2) is 52.9 Å². The van der Waals surface area contributed by atoms with Gasteiger partial charge in [0, 0.05) is 31.0 Å². The van der Waals surface area contributed by atoms with E-state index in [1.807, 2.05) is 19.2 Å². The summed E-state index contributed by atoms with van der Waals surface area (Å²) in [7, 11) is 0. The Kier molecular flexibility index (Phi) is 4.65. The summed E-state index contributed by atoms with van der Waals surface area (Å²) in [6.07, 6.45) is 1.53. The molecule has 0 unspecified atom stereocenters. The van der Waals surface area contributed by atoms with E-state index in [-0.39, 0.29) is 24.4 Å². The van der Waals surface area contributed by atoms with Crippen molar-refractivity contribution < 1.29 is 23.8 Å². The molecule has 3 heterocycles. The van der Waals surface area contributed by atoms with Crippen LogP contribution in [0.25, 0.3) is 0 Å². The van der Waals surface area contributed by atoms with Gasteiger partial charge in [0.1, 0.15) is 11.1 Å². The molecule has 1 aromatic rings. The van der Waals surface area contributed by atoms with Crippen LogP contribution in [-0.2, 0) is 30.3 Å². The fourth-order valence-electron chi connectivity index (χ4n) is 2.73. The molecular formula is C15H20N2O5S. The third kappa shape index (κ3) is 4.07. The number of amides is 1. The molecule has 23 heavy (non-hydrogen) atoms. The topological polar surface area (TPSA) is 78.0 Å². The lowest BCUT2D eigenvalue weighted by Gasteiger charge is -2.27. The van der Waals surface area contributed by atoms with Gasteiger partial charge in [-0.1, -0.05) is 0 Å². The van der Waals surface area contributed by atoms with E-state index >= 15 is 0 Å². The van der Waals surface area contributed by atoms with Gasteiger partial charge in [-0.25, -0.2) is 4.98 Å². The number of nitrogens with zero attached hydrogens (tertiary/aromatic N) is 2. The van der Waals surface area contributed by atoms with E-state index in [2.05, 4.69) is 4.98 Å². The van der Waals surface area contributed by atoms with Crippen molar-refractivity contribution in [2.75, 3.05) is 13.2 Å². The van der Waals surface area contributed by atoms with Crippen LogP contribution in [0.2, 0.25) is 0 Å². The molecule has 8 heteroatoms. The lowest BCUT2D eigenvalue weighted by molar-refractivity contribution is -0.157. The summed E-state index contributed by atoms with van der Waals surface area (Å²) in [6, 6.07) is 0. The van der Waals surface area contributed by atoms with Gasteiger partial charge in [0.2, 0.25) is 0 Å². The average molecular weight is 340 g/mol. The lowest BCUT2D eigenvalue weighted by Crippen LogP contribution is -2.43. The van der Waals surface area contributed by atoms with Crippen LogP contribution in [0.15, 0.2) is 11.6 Å². The number of aromatic nitrogens is 1. The quantitative estimate of drug-likeness (QED) is 0.753. The number of cyclic esters (lactones) is 1. The molecule has 0 N–H and O–H groups in total. The van der Waals surface area contributed by atoms with Crippen molar-refractivity contribution in [3.63, 3.8) is 0 Å². The van der Waals surface area contributed by atoms with E-state index in [0.29, 0.717) is 26.1 Å². The second kappa shape index (κ2) is 6.54. The summed E-state index contributed by atoms with van der Waals surface area (Å²) in [5.41, 5.74) is 0. The largest absolute Gasteiger partial charge is 0.452 e. The number of carbonyl (C=O) groups is 2. The van der Waals surface area contributed by atoms with Crippen LogP contribution in [0.3, 0.4) is 0 Å². The minimum absolute atomic E-state index is 0.195. The van der Waals surface area contributed by atoms with Crippen molar-refractivity contribution in [1.82, 2.24) is 9.88 Å². The number of esters is 1. The van der Waals surface area contributed by atoms with Gasteiger partial charge in [0.15, 0.2) is 11.9 Å². The van der Waals surface area contributed by atoms with Crippen LogP contribution in [0.4, 0.5) is 0 Å². The minimum Gasteiger partial charge on any atom is -0.452 e. The van der Waals surface area contributed by atoms with Gasteiger partial charge in [0.05, 0.1) is 13.2 Å². The molecule has 0 aromatic carbocycles. The summed E-state index contributed by atoms with van der Waals surface area (Å²) < 4.78 is 16.5. The van der Waals surface area contributed by atoms with E-state index in [1.54, 1.807) is 11.1 Å². The zero-order valence-electron chi connectivity index (χ0n) is 13.2. The number of thiazole rings is 1. The summed E-state index contributed by atoms with van der Waals surface area (Å²) in [5.74, 6) is -1.15. The maximum Gasteiger partial charge on any atom is 0.306 e. The molecule has 1 amide bonds. The van der Waals surface area contributed by atoms with Crippen molar-refractivity contribution in [3.8, 4) is 0 Å². The first kappa shape index (κ1) is 16.4. The van der Waals surface area contributed by atoms with Gasteiger partial charge < -0.3 is 19.1 Å². The highest BCUT2D eigenvalue weighted by molar-refractivity contribution is 7.09. The number of hydrogen-bond donors (Lipinski definition) is 0. The second-order valence-corrected chi connectivity index (χ2v) is 7.09. The Morgan fingerprint density at radius 3 is 2.91 bits per heavy atom. The molecule has 2 saturated heterocycles. The van der Waals surface area contributed by atoms with Crippen molar-refractivity contribution in [1.29, 1.82) is 0 Å². The van der Waals surface area contributed by atoms with Crippen LogP contribution in [0.5, 0.6) is 0 Å². The highest BCUT2D eigenvalue weighted by Crippen LogP contribution is 2.25. The molecule has 0 spiro atoms. The summed E-state index contributed by atoms with van der Waals surface area (Å²) in [4.78, 5) is 29.9. The molecule has 7 nitrogen and oxygen atoms in total. The van der Waals surface area contributed by atoms with Gasteiger partial charge >= 0.3 is 5.97 Å². The van der Waals surface area contributed by atoms with E-state index < -0.39 is 11.9 Å². The molecule has 0 saturated carbocycles. The van der Waals surface area contributed by atoms with Gasteiger partial charge in [-0.15, -0.1) is 11.3 Å². The maximum atomic E-state index is 12.7. The molecule has 0 bridgehead atoms. The summed E-state index contributed by atoms with van der Waals surface area (Å²) in [6.45, 7) is 4.89. The average Bonchev–Trinajstić information content (AvgIpc) is 3.20. The molecule has 0 aliphatic carbocycles. The standard InChI is InChI=1S/C15H20N2O5S/c1-15(2)20-9-10(22-15)7-17(8-12-16-5-6-23-12)14(19)11-3-4-13(18)21-11/h5-6,10-11H,3-4,7-9H2,1-2H3/t10-,11+/m0/s1. The lowest BCUT2D eigenvalue weighted by atomic mass is 10.2. The van der Waals surface area contributed by atoms with Gasteiger partial charge in [-0.3, -0.25) is 9.59 Å². The Morgan fingerprint density at radius 2 is 2.35 bits per heavy atom. The molecule has 2 fully saturated rings. The van der Waals surface area contributed by atoms with Gasteiger partial charge in [0.25, 0.3) is 5.91 Å². The molecule has 0 radical (unpaired) electrons. The molecule has 2 aliphatic heterocycles. The van der Waals surface area contributed by atoms with Crippen molar-refractivity contribution in [2.24, 2.45) is 0 Å². The zero-order chi connectivity index (χ0) is 16.4. The predicted octanol–water partition coefficient (Wildman–Crippen LogP) is 1.33. The van der Waals surface area contributed by atoms with Crippen LogP contribution < -0.4 is 0 Å². The Morgan fingerprint density at radius 1 is 1.52 bits per heavy atom.